The summed E-state index contributed by atoms with van der Waals surface area (Å²) in [5.74, 6) is 0.880. The van der Waals surface area contributed by atoms with Crippen LogP contribution in [0, 0.1) is 6.92 Å². The number of anilines is 2. The molecule has 6 heteroatoms. The molecule has 0 atom stereocenters. The summed E-state index contributed by atoms with van der Waals surface area (Å²) in [6, 6.07) is 7.22. The fraction of sp³-hybridized carbons (Fsp3) is 0.353. The Hall–Kier alpha value is -2.63. The molecule has 0 aliphatic carbocycles. The predicted molar refractivity (Wildman–Crippen MR) is 91.3 cm³/mol. The Morgan fingerprint density at radius 3 is 2.65 bits per heavy atom. The molecule has 0 fully saturated rings. The third-order valence-electron chi connectivity index (χ3n) is 3.52. The maximum Gasteiger partial charge on any atom is 0.274 e. The fourth-order valence-electron chi connectivity index (χ4n) is 2.24. The Balaban J connectivity index is 2.24. The minimum Gasteiger partial charge on any atom is -0.495 e. The fourth-order valence-corrected chi connectivity index (χ4v) is 2.24. The van der Waals surface area contributed by atoms with Crippen molar-refractivity contribution in [3.05, 3.63) is 41.7 Å². The Bertz CT molecular complexity index is 684. The highest BCUT2D eigenvalue weighted by Crippen LogP contribution is 2.25. The summed E-state index contributed by atoms with van der Waals surface area (Å²) < 4.78 is 5.28. The number of aromatic nitrogens is 2. The van der Waals surface area contributed by atoms with E-state index in [1.807, 2.05) is 43.9 Å². The van der Waals surface area contributed by atoms with Crippen LogP contribution in [-0.4, -0.2) is 36.1 Å². The number of carbonyl (C=O) groups is 1. The molecular formula is C17H22N4O2. The molecule has 0 aliphatic heterocycles. The monoisotopic (exact) mass is 314 g/mol. The normalized spacial score (nSPS) is 10.3. The van der Waals surface area contributed by atoms with E-state index in [4.69, 9.17) is 4.74 Å². The van der Waals surface area contributed by atoms with Crippen LogP contribution in [0.2, 0.25) is 0 Å². The van der Waals surface area contributed by atoms with Crippen molar-refractivity contribution in [2.45, 2.75) is 20.8 Å². The summed E-state index contributed by atoms with van der Waals surface area (Å²) in [6.07, 6.45) is 1.60. The van der Waals surface area contributed by atoms with Gasteiger partial charge in [0.1, 0.15) is 11.4 Å². The van der Waals surface area contributed by atoms with E-state index in [-0.39, 0.29) is 5.91 Å². The summed E-state index contributed by atoms with van der Waals surface area (Å²) in [7, 11) is 1.57. The van der Waals surface area contributed by atoms with Gasteiger partial charge in [0.15, 0.2) is 0 Å². The van der Waals surface area contributed by atoms with Crippen LogP contribution >= 0.6 is 0 Å². The lowest BCUT2D eigenvalue weighted by Crippen LogP contribution is -2.25. The minimum absolute atomic E-state index is 0.287. The van der Waals surface area contributed by atoms with Crippen molar-refractivity contribution in [2.24, 2.45) is 0 Å². The Labute approximate surface area is 136 Å². The first kappa shape index (κ1) is 16.7. The number of ether oxygens (including phenoxy) is 1. The topological polar surface area (TPSA) is 67.4 Å². The van der Waals surface area contributed by atoms with Crippen LogP contribution in [0.5, 0.6) is 5.75 Å². The molecule has 0 saturated heterocycles. The van der Waals surface area contributed by atoms with E-state index in [0.717, 1.165) is 18.7 Å². The van der Waals surface area contributed by atoms with E-state index in [1.54, 1.807) is 19.4 Å². The standard InChI is InChI=1S/C17H22N4O2/c1-5-21(6-2)17-18-10-9-13(20-17)16(22)19-14-11-12(3)7-8-15(14)23-4/h7-11H,5-6H2,1-4H3,(H,19,22). The number of carbonyl (C=O) groups excluding carboxylic acids is 1. The number of amides is 1. The van der Waals surface area contributed by atoms with Crippen LogP contribution in [0.3, 0.4) is 0 Å². The van der Waals surface area contributed by atoms with Gasteiger partial charge in [-0.25, -0.2) is 9.97 Å². The highest BCUT2D eigenvalue weighted by atomic mass is 16.5. The molecule has 0 radical (unpaired) electrons. The SMILES string of the molecule is CCN(CC)c1nccc(C(=O)Nc2cc(C)ccc2OC)n1. The van der Waals surface area contributed by atoms with Gasteiger partial charge in [-0.1, -0.05) is 6.07 Å². The van der Waals surface area contributed by atoms with E-state index in [0.29, 0.717) is 23.1 Å². The number of hydrogen-bond donors (Lipinski definition) is 1. The van der Waals surface area contributed by atoms with Gasteiger partial charge in [0.05, 0.1) is 12.8 Å². The lowest BCUT2D eigenvalue weighted by atomic mass is 10.2. The third kappa shape index (κ3) is 3.97. The van der Waals surface area contributed by atoms with Crippen LogP contribution in [0.4, 0.5) is 11.6 Å². The summed E-state index contributed by atoms with van der Waals surface area (Å²) in [6.45, 7) is 7.58. The molecule has 2 rings (SSSR count). The molecule has 1 amide bonds. The largest absolute Gasteiger partial charge is 0.495 e. The summed E-state index contributed by atoms with van der Waals surface area (Å²) in [5, 5.41) is 2.85. The average molecular weight is 314 g/mol. The van der Waals surface area contributed by atoms with Crippen molar-refractivity contribution < 1.29 is 9.53 Å². The number of hydrogen-bond acceptors (Lipinski definition) is 5. The van der Waals surface area contributed by atoms with Crippen molar-refractivity contribution in [1.29, 1.82) is 0 Å². The predicted octanol–water partition coefficient (Wildman–Crippen LogP) is 2.89. The number of nitrogens with one attached hydrogen (secondary N) is 1. The van der Waals surface area contributed by atoms with Crippen LogP contribution in [0.15, 0.2) is 30.5 Å². The van der Waals surface area contributed by atoms with E-state index in [9.17, 15) is 4.79 Å². The molecule has 122 valence electrons. The van der Waals surface area contributed by atoms with Gasteiger partial charge >= 0.3 is 0 Å². The summed E-state index contributed by atoms with van der Waals surface area (Å²) in [5.41, 5.74) is 1.98. The zero-order valence-corrected chi connectivity index (χ0v) is 14.0. The highest BCUT2D eigenvalue weighted by molar-refractivity contribution is 6.03. The van der Waals surface area contributed by atoms with Crippen molar-refractivity contribution in [3.8, 4) is 5.75 Å². The van der Waals surface area contributed by atoms with Gasteiger partial charge in [0.2, 0.25) is 5.95 Å². The van der Waals surface area contributed by atoms with Gasteiger partial charge in [-0.2, -0.15) is 0 Å². The van der Waals surface area contributed by atoms with Gasteiger partial charge in [-0.15, -0.1) is 0 Å². The Morgan fingerprint density at radius 2 is 2.00 bits per heavy atom. The van der Waals surface area contributed by atoms with Gasteiger partial charge in [0.25, 0.3) is 5.91 Å². The third-order valence-corrected chi connectivity index (χ3v) is 3.52. The first-order valence-electron chi connectivity index (χ1n) is 7.63. The quantitative estimate of drug-likeness (QED) is 0.888. The highest BCUT2D eigenvalue weighted by Gasteiger charge is 2.14. The molecule has 1 aromatic heterocycles. The molecule has 1 aromatic carbocycles. The molecule has 1 heterocycles. The maximum absolute atomic E-state index is 12.5. The van der Waals surface area contributed by atoms with E-state index < -0.39 is 0 Å². The number of methoxy groups -OCH3 is 1. The Morgan fingerprint density at radius 1 is 1.26 bits per heavy atom. The van der Waals surface area contributed by atoms with Gasteiger partial charge in [0, 0.05) is 19.3 Å². The second kappa shape index (κ2) is 7.58. The summed E-state index contributed by atoms with van der Waals surface area (Å²) in [4.78, 5) is 23.0. The number of nitrogens with zero attached hydrogens (tertiary/aromatic N) is 3. The first-order valence-corrected chi connectivity index (χ1v) is 7.63. The van der Waals surface area contributed by atoms with Gasteiger partial charge in [-0.05, 0) is 44.5 Å². The molecule has 2 aromatic rings. The zero-order valence-electron chi connectivity index (χ0n) is 14.0. The smallest absolute Gasteiger partial charge is 0.274 e. The molecule has 6 nitrogen and oxygen atoms in total. The van der Waals surface area contributed by atoms with Crippen LogP contribution in [-0.2, 0) is 0 Å². The lowest BCUT2D eigenvalue weighted by Gasteiger charge is -2.18. The van der Waals surface area contributed by atoms with E-state index in [1.165, 1.54) is 0 Å². The molecule has 0 saturated carbocycles. The van der Waals surface area contributed by atoms with Crippen molar-refractivity contribution in [1.82, 2.24) is 9.97 Å². The number of aryl methyl sites for hydroxylation is 1. The van der Waals surface area contributed by atoms with Gasteiger partial charge < -0.3 is 15.0 Å². The molecule has 0 unspecified atom stereocenters. The number of rotatable bonds is 6. The maximum atomic E-state index is 12.5. The van der Waals surface area contributed by atoms with Crippen molar-refractivity contribution >= 4 is 17.5 Å². The zero-order chi connectivity index (χ0) is 16.8. The second-order valence-corrected chi connectivity index (χ2v) is 5.07. The van der Waals surface area contributed by atoms with E-state index >= 15 is 0 Å². The summed E-state index contributed by atoms with van der Waals surface area (Å²) >= 11 is 0. The molecule has 0 spiro atoms. The lowest BCUT2D eigenvalue weighted by molar-refractivity contribution is 0.102. The number of benzene rings is 1. The van der Waals surface area contributed by atoms with Crippen molar-refractivity contribution in [2.75, 3.05) is 30.4 Å². The molecular weight excluding hydrogens is 292 g/mol. The molecule has 1 N–H and O–H groups in total. The first-order chi connectivity index (χ1) is 11.1. The molecule has 23 heavy (non-hydrogen) atoms. The molecule has 0 aliphatic rings. The Kier molecular flexibility index (Phi) is 5.51. The van der Waals surface area contributed by atoms with Crippen LogP contribution in [0.25, 0.3) is 0 Å². The average Bonchev–Trinajstić information content (AvgIpc) is 2.56. The van der Waals surface area contributed by atoms with Crippen LogP contribution in [0.1, 0.15) is 29.9 Å². The van der Waals surface area contributed by atoms with E-state index in [2.05, 4.69) is 15.3 Å². The van der Waals surface area contributed by atoms with Crippen molar-refractivity contribution in [3.63, 3.8) is 0 Å². The minimum atomic E-state index is -0.287. The van der Waals surface area contributed by atoms with Gasteiger partial charge in [-0.3, -0.25) is 4.79 Å². The second-order valence-electron chi connectivity index (χ2n) is 5.07. The molecule has 0 bridgehead atoms. The van der Waals surface area contributed by atoms with Crippen LogP contribution < -0.4 is 15.0 Å².